The van der Waals surface area contributed by atoms with Crippen molar-refractivity contribution in [1.29, 1.82) is 0 Å². The van der Waals surface area contributed by atoms with Crippen molar-refractivity contribution < 1.29 is 22.3 Å². The number of benzene rings is 4. The van der Waals surface area contributed by atoms with Crippen LogP contribution in [0.15, 0.2) is 84.9 Å². The van der Waals surface area contributed by atoms with E-state index in [9.17, 15) is 13.2 Å². The molecule has 0 unspecified atom stereocenters. The summed E-state index contributed by atoms with van der Waals surface area (Å²) in [5.41, 5.74) is 8.95. The summed E-state index contributed by atoms with van der Waals surface area (Å²) < 4.78 is 42.4. The number of H-pyrrole nitrogens is 2. The molecule has 39 heavy (non-hydrogen) atoms. The first-order valence-electron chi connectivity index (χ1n) is 12.7. The molecule has 0 spiro atoms. The molecule has 0 atom stereocenters. The number of rotatable bonds is 2. The molecule has 0 aliphatic heterocycles. The number of nitrogens with one attached hydrogen (secondary N) is 2. The van der Waals surface area contributed by atoms with Crippen molar-refractivity contribution >= 4 is 22.1 Å². The Morgan fingerprint density at radius 1 is 0.590 bits per heavy atom. The molecule has 0 aliphatic carbocycles. The van der Waals surface area contributed by atoms with Gasteiger partial charge in [-0.05, 0) is 80.4 Å². The van der Waals surface area contributed by atoms with Crippen LogP contribution in [0.5, 0.6) is 0 Å². The fourth-order valence-corrected chi connectivity index (χ4v) is 5.00. The first-order chi connectivity index (χ1) is 18.5. The minimum atomic E-state index is -4.31. The third kappa shape index (κ3) is 5.04. The number of aromatic nitrogens is 4. The van der Waals surface area contributed by atoms with Crippen molar-refractivity contribution in [2.45, 2.75) is 26.9 Å². The zero-order valence-electron chi connectivity index (χ0n) is 22.6. The van der Waals surface area contributed by atoms with E-state index < -0.39 is 11.7 Å². The van der Waals surface area contributed by atoms with E-state index in [1.165, 1.54) is 39.9 Å². The van der Waals surface area contributed by atoms with E-state index in [4.69, 9.17) is 0 Å². The number of halogens is 3. The summed E-state index contributed by atoms with van der Waals surface area (Å²) in [5.74, 6) is 1.96. The van der Waals surface area contributed by atoms with Crippen LogP contribution in [0, 0.1) is 20.8 Å². The van der Waals surface area contributed by atoms with Gasteiger partial charge in [-0.3, -0.25) is 0 Å². The maximum Gasteiger partial charge on any atom is 0.416 e. The SMILES string of the molecule is Cc1cc(C(F)(F)F)ccc1-c1[nH]c2ccccc2[n+]1C.Cc1ccc(C)c(-c2[nH]c3ccccc3[n+]2C)c1. The van der Waals surface area contributed by atoms with Gasteiger partial charge in [0.05, 0.1) is 30.8 Å². The Morgan fingerprint density at radius 2 is 1.13 bits per heavy atom. The normalized spacial score (nSPS) is 11.6. The lowest BCUT2D eigenvalue weighted by atomic mass is 10.0. The minimum Gasteiger partial charge on any atom is -0.236 e. The van der Waals surface area contributed by atoms with Crippen molar-refractivity contribution in [1.82, 2.24) is 9.97 Å². The number of nitrogens with zero attached hydrogens (tertiary/aromatic N) is 2. The largest absolute Gasteiger partial charge is 0.416 e. The van der Waals surface area contributed by atoms with E-state index >= 15 is 0 Å². The van der Waals surface area contributed by atoms with Gasteiger partial charge < -0.3 is 0 Å². The fraction of sp³-hybridized carbons (Fsp3) is 0.188. The molecule has 2 heterocycles. The Kier molecular flexibility index (Phi) is 6.76. The molecule has 0 aliphatic rings. The first-order valence-corrected chi connectivity index (χ1v) is 12.7. The number of fused-ring (bicyclic) bond motifs is 2. The van der Waals surface area contributed by atoms with Crippen LogP contribution in [0.1, 0.15) is 22.3 Å². The number of aromatic amines is 2. The van der Waals surface area contributed by atoms with Gasteiger partial charge in [0.25, 0.3) is 11.6 Å². The van der Waals surface area contributed by atoms with Crippen molar-refractivity contribution in [2.75, 3.05) is 0 Å². The van der Waals surface area contributed by atoms with Gasteiger partial charge >= 0.3 is 6.18 Å². The average Bonchev–Trinajstić information content (AvgIpc) is 3.42. The van der Waals surface area contributed by atoms with Gasteiger partial charge in [0.2, 0.25) is 0 Å². The zero-order valence-corrected chi connectivity index (χ0v) is 22.6. The topological polar surface area (TPSA) is 39.3 Å². The van der Waals surface area contributed by atoms with E-state index in [2.05, 4.69) is 77.9 Å². The first kappa shape index (κ1) is 26.2. The fourth-order valence-electron chi connectivity index (χ4n) is 5.00. The van der Waals surface area contributed by atoms with Gasteiger partial charge in [0, 0.05) is 0 Å². The predicted molar refractivity (Wildman–Crippen MR) is 149 cm³/mol. The molecule has 0 amide bonds. The standard InChI is InChI=1S/C16H13F3N2.C16H16N2/c1-10-9-11(16(17,18)19)7-8-12(10)15-20-13-5-3-4-6-14(13)21(15)2;1-11-8-9-12(2)13(10-11)16-17-14-6-4-5-7-15(14)18(16)3/h3-9H,1-2H3;4-10H,1-3H3/p+2. The van der Waals surface area contributed by atoms with E-state index in [0.717, 1.165) is 34.3 Å². The van der Waals surface area contributed by atoms with Crippen LogP contribution in [-0.2, 0) is 20.3 Å². The van der Waals surface area contributed by atoms with E-state index in [1.54, 1.807) is 6.92 Å². The smallest absolute Gasteiger partial charge is 0.236 e. The quantitative estimate of drug-likeness (QED) is 0.222. The summed E-state index contributed by atoms with van der Waals surface area (Å²) in [6, 6.07) is 26.5. The summed E-state index contributed by atoms with van der Waals surface area (Å²) in [6.45, 7) is 5.97. The van der Waals surface area contributed by atoms with E-state index in [1.807, 2.05) is 35.9 Å². The Hall–Kier alpha value is -4.39. The van der Waals surface area contributed by atoms with Crippen LogP contribution in [0.2, 0.25) is 0 Å². The second kappa shape index (κ2) is 10.1. The van der Waals surface area contributed by atoms with Gasteiger partial charge in [-0.15, -0.1) is 0 Å². The summed E-state index contributed by atoms with van der Waals surface area (Å²) in [5, 5.41) is 0. The number of hydrogen-bond acceptors (Lipinski definition) is 0. The van der Waals surface area contributed by atoms with E-state index in [0.29, 0.717) is 5.56 Å². The summed E-state index contributed by atoms with van der Waals surface area (Å²) in [7, 11) is 4.00. The van der Waals surface area contributed by atoms with Crippen LogP contribution in [0.3, 0.4) is 0 Å². The van der Waals surface area contributed by atoms with Crippen molar-refractivity contribution in [3.63, 3.8) is 0 Å². The molecule has 4 nitrogen and oxygen atoms in total. The molecule has 7 heteroatoms. The Labute approximate surface area is 225 Å². The third-order valence-corrected chi connectivity index (χ3v) is 7.16. The molecule has 6 aromatic rings. The molecule has 0 fully saturated rings. The van der Waals surface area contributed by atoms with Gasteiger partial charge in [-0.2, -0.15) is 13.2 Å². The number of alkyl halides is 3. The number of imidazole rings is 2. The van der Waals surface area contributed by atoms with Gasteiger partial charge in [-0.25, -0.2) is 19.1 Å². The second-order valence-corrected chi connectivity index (χ2v) is 9.95. The highest BCUT2D eigenvalue weighted by Crippen LogP contribution is 2.32. The number of hydrogen-bond donors (Lipinski definition) is 2. The lowest BCUT2D eigenvalue weighted by molar-refractivity contribution is -0.633. The van der Waals surface area contributed by atoms with Crippen LogP contribution >= 0.6 is 0 Å². The second-order valence-electron chi connectivity index (χ2n) is 9.95. The van der Waals surface area contributed by atoms with Gasteiger partial charge in [-0.1, -0.05) is 42.0 Å². The maximum atomic E-state index is 12.7. The molecule has 0 bridgehead atoms. The number of aryl methyl sites for hydroxylation is 5. The minimum absolute atomic E-state index is 0.590. The molecule has 198 valence electrons. The highest BCUT2D eigenvalue weighted by Gasteiger charge is 2.31. The summed E-state index contributed by atoms with van der Waals surface area (Å²) in [4.78, 5) is 6.77. The Morgan fingerprint density at radius 3 is 1.64 bits per heavy atom. The maximum absolute atomic E-state index is 12.7. The molecular formula is C32H31F3N4+2. The van der Waals surface area contributed by atoms with Crippen LogP contribution in [0.4, 0.5) is 13.2 Å². The lowest BCUT2D eigenvalue weighted by Crippen LogP contribution is -2.29. The summed E-state index contributed by atoms with van der Waals surface area (Å²) >= 11 is 0. The van der Waals surface area contributed by atoms with Crippen LogP contribution < -0.4 is 9.13 Å². The summed E-state index contributed by atoms with van der Waals surface area (Å²) in [6.07, 6.45) is -4.31. The van der Waals surface area contributed by atoms with Crippen molar-refractivity contribution in [2.24, 2.45) is 14.1 Å². The van der Waals surface area contributed by atoms with Gasteiger partial charge in [0.15, 0.2) is 22.1 Å². The molecule has 2 N–H and O–H groups in total. The zero-order chi connectivity index (χ0) is 27.9. The third-order valence-electron chi connectivity index (χ3n) is 7.16. The molecule has 4 aromatic carbocycles. The molecule has 0 saturated carbocycles. The molecule has 6 rings (SSSR count). The van der Waals surface area contributed by atoms with Crippen LogP contribution in [-0.4, -0.2) is 9.97 Å². The van der Waals surface area contributed by atoms with Crippen LogP contribution in [0.25, 0.3) is 44.8 Å². The molecule has 2 aromatic heterocycles. The van der Waals surface area contributed by atoms with Crippen molar-refractivity contribution in [3.8, 4) is 22.8 Å². The van der Waals surface area contributed by atoms with E-state index in [-0.39, 0.29) is 0 Å². The highest BCUT2D eigenvalue weighted by molar-refractivity contribution is 5.76. The monoisotopic (exact) mass is 528 g/mol. The predicted octanol–water partition coefficient (Wildman–Crippen LogP) is 7.26. The van der Waals surface area contributed by atoms with Gasteiger partial charge in [0.1, 0.15) is 0 Å². The molecular weight excluding hydrogens is 497 g/mol. The average molecular weight is 529 g/mol. The lowest BCUT2D eigenvalue weighted by Gasteiger charge is -2.09. The Balaban J connectivity index is 0.000000160. The molecule has 0 saturated heterocycles. The van der Waals surface area contributed by atoms with Crippen molar-refractivity contribution in [3.05, 3.63) is 107 Å². The Bertz CT molecular complexity index is 1810. The molecule has 0 radical (unpaired) electrons. The highest BCUT2D eigenvalue weighted by atomic mass is 19.4. The number of para-hydroxylation sites is 4.